The molecule has 0 unspecified atom stereocenters. The van der Waals surface area contributed by atoms with Crippen molar-refractivity contribution >= 4 is 39.1 Å². The van der Waals surface area contributed by atoms with Crippen LogP contribution in [-0.4, -0.2) is 29.6 Å². The maximum atomic E-state index is 5.61. The molecule has 0 bridgehead atoms. The Morgan fingerprint density at radius 3 is 2.74 bits per heavy atom. The van der Waals surface area contributed by atoms with Crippen molar-refractivity contribution in [3.63, 3.8) is 0 Å². The van der Waals surface area contributed by atoms with Crippen LogP contribution in [0, 0.1) is 0 Å². The largest absolute Gasteiger partial charge is 0.462 e. The van der Waals surface area contributed by atoms with Crippen LogP contribution in [0.25, 0.3) is 20.7 Å². The molecule has 0 amide bonds. The molecule has 1 aliphatic heterocycles. The van der Waals surface area contributed by atoms with Gasteiger partial charge in [-0.2, -0.15) is 0 Å². The maximum absolute atomic E-state index is 5.61. The molecule has 0 saturated carbocycles. The van der Waals surface area contributed by atoms with E-state index in [0.29, 0.717) is 13.1 Å². The topological polar surface area (TPSA) is 47.5 Å². The highest BCUT2D eigenvalue weighted by atomic mass is 32.2. The minimum Gasteiger partial charge on any atom is -0.462 e. The Labute approximate surface area is 189 Å². The van der Waals surface area contributed by atoms with Crippen molar-refractivity contribution in [1.82, 2.24) is 9.97 Å². The summed E-state index contributed by atoms with van der Waals surface area (Å²) in [5, 5.41) is 0. The van der Waals surface area contributed by atoms with E-state index < -0.39 is 0 Å². The highest BCUT2D eigenvalue weighted by Crippen LogP contribution is 2.38. The fourth-order valence-electron chi connectivity index (χ4n) is 3.54. The standard InChI is InChI=1S/C24H21N3O2S2/c1-30-20-9-5-8-18(10-20)22-11-21-23(31-22)24(26-15-25-21)27(13-19-14-28-16-29-19)12-17-6-3-2-4-7-17/h2-11,14-15H,12-13,16H2,1H3. The number of nitrogens with zero attached hydrogens (tertiary/aromatic N) is 3. The second kappa shape index (κ2) is 8.99. The first-order valence-corrected chi connectivity index (χ1v) is 12.0. The molecule has 3 heterocycles. The predicted octanol–water partition coefficient (Wildman–Crippen LogP) is 5.93. The molecule has 2 aromatic carbocycles. The van der Waals surface area contributed by atoms with Crippen LogP contribution in [0.1, 0.15) is 5.56 Å². The molecule has 0 N–H and O–H groups in total. The molecular formula is C24H21N3O2S2. The Hall–Kier alpha value is -3.03. The van der Waals surface area contributed by atoms with E-state index in [1.165, 1.54) is 20.9 Å². The lowest BCUT2D eigenvalue weighted by Crippen LogP contribution is -2.26. The lowest BCUT2D eigenvalue weighted by molar-refractivity contribution is 0.0797. The summed E-state index contributed by atoms with van der Waals surface area (Å²) in [6.45, 7) is 1.56. The smallest absolute Gasteiger partial charge is 0.229 e. The molecule has 0 radical (unpaired) electrons. The number of anilines is 1. The molecule has 5 nitrogen and oxygen atoms in total. The van der Waals surface area contributed by atoms with E-state index in [9.17, 15) is 0 Å². The van der Waals surface area contributed by atoms with Crippen LogP contribution in [0.2, 0.25) is 0 Å². The number of ether oxygens (including phenoxy) is 2. The number of hydrogen-bond acceptors (Lipinski definition) is 7. The van der Waals surface area contributed by atoms with Crippen LogP contribution in [0.4, 0.5) is 5.82 Å². The van der Waals surface area contributed by atoms with E-state index in [0.717, 1.165) is 21.8 Å². The summed E-state index contributed by atoms with van der Waals surface area (Å²) in [4.78, 5) is 13.9. The molecule has 0 aliphatic carbocycles. The van der Waals surface area contributed by atoms with Gasteiger partial charge in [-0.15, -0.1) is 23.1 Å². The van der Waals surface area contributed by atoms with Gasteiger partial charge in [0.25, 0.3) is 0 Å². The van der Waals surface area contributed by atoms with E-state index >= 15 is 0 Å². The van der Waals surface area contributed by atoms with Gasteiger partial charge in [0.15, 0.2) is 11.6 Å². The average Bonchev–Trinajstić information content (AvgIpc) is 3.49. The van der Waals surface area contributed by atoms with Gasteiger partial charge in [0.2, 0.25) is 6.79 Å². The Bertz CT molecular complexity index is 1220. The molecule has 156 valence electrons. The van der Waals surface area contributed by atoms with Gasteiger partial charge in [-0.05, 0) is 35.6 Å². The number of aromatic nitrogens is 2. The van der Waals surface area contributed by atoms with Gasteiger partial charge in [0, 0.05) is 16.3 Å². The average molecular weight is 448 g/mol. The third kappa shape index (κ3) is 4.38. The molecule has 5 rings (SSSR count). The molecule has 31 heavy (non-hydrogen) atoms. The van der Waals surface area contributed by atoms with Gasteiger partial charge < -0.3 is 14.4 Å². The van der Waals surface area contributed by atoms with Crippen LogP contribution < -0.4 is 4.90 Å². The summed E-state index contributed by atoms with van der Waals surface area (Å²) in [5.41, 5.74) is 3.36. The summed E-state index contributed by atoms with van der Waals surface area (Å²) in [6, 6.07) is 21.1. The third-order valence-corrected chi connectivity index (χ3v) is 6.93. The van der Waals surface area contributed by atoms with Gasteiger partial charge in [-0.25, -0.2) is 9.97 Å². The van der Waals surface area contributed by atoms with Crippen LogP contribution in [0.3, 0.4) is 0 Å². The first kappa shape index (κ1) is 19.9. The van der Waals surface area contributed by atoms with E-state index in [1.54, 1.807) is 35.7 Å². The second-order valence-electron chi connectivity index (χ2n) is 7.11. The van der Waals surface area contributed by atoms with E-state index in [4.69, 9.17) is 9.47 Å². The van der Waals surface area contributed by atoms with Crippen LogP contribution in [0.5, 0.6) is 0 Å². The number of rotatable bonds is 7. The van der Waals surface area contributed by atoms with Crippen molar-refractivity contribution < 1.29 is 9.47 Å². The van der Waals surface area contributed by atoms with Crippen molar-refractivity contribution in [1.29, 1.82) is 0 Å². The summed E-state index contributed by atoms with van der Waals surface area (Å²) < 4.78 is 12.0. The van der Waals surface area contributed by atoms with Crippen LogP contribution in [0.15, 0.2) is 83.9 Å². The molecular weight excluding hydrogens is 426 g/mol. The number of thiophene rings is 1. The zero-order valence-corrected chi connectivity index (χ0v) is 18.7. The Kier molecular flexibility index (Phi) is 5.78. The fourth-order valence-corrected chi connectivity index (χ4v) is 5.12. The summed E-state index contributed by atoms with van der Waals surface area (Å²) >= 11 is 3.47. The first-order valence-electron chi connectivity index (χ1n) is 9.91. The predicted molar refractivity (Wildman–Crippen MR) is 127 cm³/mol. The number of hydrogen-bond donors (Lipinski definition) is 0. The molecule has 1 aliphatic rings. The Balaban J connectivity index is 1.55. The molecule has 0 spiro atoms. The molecule has 0 fully saturated rings. The van der Waals surface area contributed by atoms with E-state index in [1.807, 2.05) is 6.07 Å². The normalized spacial score (nSPS) is 13.0. The molecule has 2 aromatic heterocycles. The quantitative estimate of drug-likeness (QED) is 0.327. The van der Waals surface area contributed by atoms with E-state index in [-0.39, 0.29) is 6.79 Å². The Morgan fingerprint density at radius 1 is 1.03 bits per heavy atom. The maximum Gasteiger partial charge on any atom is 0.229 e. The monoisotopic (exact) mass is 447 g/mol. The number of benzene rings is 2. The minimum atomic E-state index is 0.266. The highest BCUT2D eigenvalue weighted by Gasteiger charge is 2.20. The minimum absolute atomic E-state index is 0.266. The summed E-state index contributed by atoms with van der Waals surface area (Å²) in [6.07, 6.45) is 5.42. The van der Waals surface area contributed by atoms with Crippen molar-refractivity contribution in [3.8, 4) is 10.4 Å². The van der Waals surface area contributed by atoms with E-state index in [2.05, 4.69) is 75.7 Å². The highest BCUT2D eigenvalue weighted by molar-refractivity contribution is 7.98. The summed E-state index contributed by atoms with van der Waals surface area (Å²) in [5.74, 6) is 1.70. The molecule has 0 atom stereocenters. The third-order valence-electron chi connectivity index (χ3n) is 5.04. The molecule has 4 aromatic rings. The number of fused-ring (bicyclic) bond motifs is 1. The van der Waals surface area contributed by atoms with Gasteiger partial charge in [0.05, 0.1) is 16.8 Å². The van der Waals surface area contributed by atoms with Crippen LogP contribution >= 0.6 is 23.1 Å². The summed E-state index contributed by atoms with van der Waals surface area (Å²) in [7, 11) is 0. The lowest BCUT2D eigenvalue weighted by atomic mass is 10.2. The molecule has 0 saturated heterocycles. The Morgan fingerprint density at radius 2 is 1.94 bits per heavy atom. The number of thioether (sulfide) groups is 1. The van der Waals surface area contributed by atoms with Crippen molar-refractivity contribution in [2.75, 3.05) is 24.5 Å². The first-order chi connectivity index (χ1) is 15.3. The van der Waals surface area contributed by atoms with Gasteiger partial charge in [0.1, 0.15) is 12.6 Å². The van der Waals surface area contributed by atoms with Gasteiger partial charge >= 0.3 is 0 Å². The zero-order valence-electron chi connectivity index (χ0n) is 17.0. The van der Waals surface area contributed by atoms with Crippen molar-refractivity contribution in [3.05, 3.63) is 84.6 Å². The van der Waals surface area contributed by atoms with Crippen LogP contribution in [-0.2, 0) is 16.0 Å². The van der Waals surface area contributed by atoms with Crippen molar-refractivity contribution in [2.45, 2.75) is 11.4 Å². The lowest BCUT2D eigenvalue weighted by Gasteiger charge is -2.24. The zero-order chi connectivity index (χ0) is 21.0. The molecule has 7 heteroatoms. The SMILES string of the molecule is CSc1cccc(-c2cc3ncnc(N(CC4=COCO4)Cc4ccccc4)c3s2)c1. The van der Waals surface area contributed by atoms with Crippen molar-refractivity contribution in [2.24, 2.45) is 0 Å². The van der Waals surface area contributed by atoms with Gasteiger partial charge in [-0.3, -0.25) is 0 Å². The second-order valence-corrected chi connectivity index (χ2v) is 9.04. The van der Waals surface area contributed by atoms with Gasteiger partial charge in [-0.1, -0.05) is 42.5 Å². The fraction of sp³-hybridized carbons (Fsp3) is 0.167.